The predicted molar refractivity (Wildman–Crippen MR) is 99.5 cm³/mol. The predicted octanol–water partition coefficient (Wildman–Crippen LogP) is 4.61. The van der Waals surface area contributed by atoms with Crippen LogP contribution in [0, 0.1) is 13.8 Å². The molecule has 0 fully saturated rings. The van der Waals surface area contributed by atoms with Crippen LogP contribution in [0.1, 0.15) is 11.4 Å². The second-order valence-electron chi connectivity index (χ2n) is 5.98. The van der Waals surface area contributed by atoms with Crippen molar-refractivity contribution in [2.24, 2.45) is 0 Å². The number of nitrogens with zero attached hydrogens (tertiary/aromatic N) is 4. The van der Waals surface area contributed by atoms with E-state index in [0.29, 0.717) is 0 Å². The van der Waals surface area contributed by atoms with Gasteiger partial charge in [-0.25, -0.2) is 4.68 Å². The zero-order valence-electron chi connectivity index (χ0n) is 14.2. The minimum atomic E-state index is 0.931. The Hall–Kier alpha value is -3.27. The summed E-state index contributed by atoms with van der Waals surface area (Å²) in [6.45, 7) is 4.01. The Bertz CT molecular complexity index is 956. The van der Waals surface area contributed by atoms with Crippen molar-refractivity contribution < 1.29 is 0 Å². The van der Waals surface area contributed by atoms with Gasteiger partial charge >= 0.3 is 0 Å². The first kappa shape index (κ1) is 15.3. The number of benzene rings is 1. The minimum absolute atomic E-state index is 0.931. The Morgan fingerprint density at radius 1 is 0.680 bits per heavy atom. The number of pyridine rings is 2. The molecule has 0 aliphatic heterocycles. The third-order valence-corrected chi connectivity index (χ3v) is 4.10. The standard InChI is InChI=1S/C21H18N4/c1-15-7-3-11-19(23-15)17-9-5-10-18(20-12-4-8-16(2)24-20)21(17)25-14-6-13-22-25/h3-14H,1-2H3. The molecule has 3 aromatic heterocycles. The summed E-state index contributed by atoms with van der Waals surface area (Å²) in [7, 11) is 0. The molecule has 1 aromatic carbocycles. The lowest BCUT2D eigenvalue weighted by Gasteiger charge is -2.15. The molecule has 25 heavy (non-hydrogen) atoms. The highest BCUT2D eigenvalue weighted by molar-refractivity contribution is 5.82. The van der Waals surface area contributed by atoms with Gasteiger partial charge in [-0.3, -0.25) is 9.97 Å². The smallest absolute Gasteiger partial charge is 0.0833 e. The first-order valence-corrected chi connectivity index (χ1v) is 8.23. The third kappa shape index (κ3) is 2.94. The summed E-state index contributed by atoms with van der Waals surface area (Å²) >= 11 is 0. The van der Waals surface area contributed by atoms with E-state index in [2.05, 4.69) is 17.2 Å². The molecule has 0 bridgehead atoms. The van der Waals surface area contributed by atoms with E-state index in [-0.39, 0.29) is 0 Å². The summed E-state index contributed by atoms with van der Waals surface area (Å²) in [6, 6.07) is 20.3. The fraction of sp³-hybridized carbons (Fsp3) is 0.0952. The minimum Gasteiger partial charge on any atom is -0.253 e. The van der Waals surface area contributed by atoms with Crippen molar-refractivity contribution in [3.63, 3.8) is 0 Å². The van der Waals surface area contributed by atoms with Crippen molar-refractivity contribution in [2.45, 2.75) is 13.8 Å². The Labute approximate surface area is 146 Å². The maximum atomic E-state index is 4.70. The average Bonchev–Trinajstić information content (AvgIpc) is 3.15. The molecule has 0 spiro atoms. The fourth-order valence-electron chi connectivity index (χ4n) is 2.99. The van der Waals surface area contributed by atoms with Gasteiger partial charge in [0.05, 0.1) is 17.1 Å². The van der Waals surface area contributed by atoms with Crippen LogP contribution >= 0.6 is 0 Å². The van der Waals surface area contributed by atoms with E-state index in [9.17, 15) is 0 Å². The van der Waals surface area contributed by atoms with E-state index >= 15 is 0 Å². The molecule has 0 radical (unpaired) electrons. The van der Waals surface area contributed by atoms with Crippen molar-refractivity contribution in [1.29, 1.82) is 0 Å². The lowest BCUT2D eigenvalue weighted by molar-refractivity contribution is 0.882. The van der Waals surface area contributed by atoms with Gasteiger partial charge in [-0.15, -0.1) is 0 Å². The van der Waals surface area contributed by atoms with Crippen LogP contribution in [0.5, 0.6) is 0 Å². The number of aromatic nitrogens is 4. The topological polar surface area (TPSA) is 43.6 Å². The first-order chi connectivity index (χ1) is 12.2. The molecule has 0 N–H and O–H groups in total. The summed E-state index contributed by atoms with van der Waals surface area (Å²) in [5, 5.41) is 4.46. The molecule has 0 aliphatic rings. The Balaban J connectivity index is 2.01. The molecule has 4 nitrogen and oxygen atoms in total. The normalized spacial score (nSPS) is 10.8. The zero-order valence-corrected chi connectivity index (χ0v) is 14.2. The molecule has 0 atom stereocenters. The molecular formula is C21H18N4. The van der Waals surface area contributed by atoms with Gasteiger partial charge in [0.1, 0.15) is 0 Å². The number of aryl methyl sites for hydroxylation is 2. The average molecular weight is 326 g/mol. The van der Waals surface area contributed by atoms with Gasteiger partial charge in [0.25, 0.3) is 0 Å². The first-order valence-electron chi connectivity index (χ1n) is 8.23. The quantitative estimate of drug-likeness (QED) is 0.552. The van der Waals surface area contributed by atoms with Crippen LogP contribution in [0.25, 0.3) is 28.2 Å². The second-order valence-corrected chi connectivity index (χ2v) is 5.98. The van der Waals surface area contributed by atoms with Crippen molar-refractivity contribution in [2.75, 3.05) is 0 Å². The van der Waals surface area contributed by atoms with E-state index < -0.39 is 0 Å². The van der Waals surface area contributed by atoms with Gasteiger partial charge in [-0.1, -0.05) is 30.3 Å². The van der Waals surface area contributed by atoms with E-state index in [4.69, 9.17) is 9.97 Å². The number of para-hydroxylation sites is 1. The Morgan fingerprint density at radius 2 is 1.24 bits per heavy atom. The molecule has 0 aliphatic carbocycles. The second kappa shape index (κ2) is 6.32. The highest BCUT2D eigenvalue weighted by atomic mass is 15.3. The number of hydrogen-bond donors (Lipinski definition) is 0. The van der Waals surface area contributed by atoms with Crippen LogP contribution in [0.4, 0.5) is 0 Å². The van der Waals surface area contributed by atoms with Crippen LogP contribution in [-0.2, 0) is 0 Å². The summed E-state index contributed by atoms with van der Waals surface area (Å²) < 4.78 is 1.89. The van der Waals surface area contributed by atoms with E-state index in [1.807, 2.05) is 73.3 Å². The molecule has 4 aromatic rings. The molecule has 122 valence electrons. The van der Waals surface area contributed by atoms with Crippen LogP contribution in [0.2, 0.25) is 0 Å². The number of hydrogen-bond acceptors (Lipinski definition) is 3. The summed E-state index contributed by atoms with van der Waals surface area (Å²) in [4.78, 5) is 9.41. The molecule has 0 saturated carbocycles. The molecule has 3 heterocycles. The van der Waals surface area contributed by atoms with Gasteiger partial charge in [-0.2, -0.15) is 5.10 Å². The SMILES string of the molecule is Cc1cccc(-c2cccc(-c3cccc(C)n3)c2-n2cccn2)n1. The summed E-state index contributed by atoms with van der Waals surface area (Å²) in [5.41, 5.74) is 6.90. The highest BCUT2D eigenvalue weighted by Crippen LogP contribution is 2.33. The molecule has 4 heteroatoms. The largest absolute Gasteiger partial charge is 0.253 e. The highest BCUT2D eigenvalue weighted by Gasteiger charge is 2.16. The van der Waals surface area contributed by atoms with Crippen LogP contribution < -0.4 is 0 Å². The molecule has 0 saturated heterocycles. The Kier molecular flexibility index (Phi) is 3.86. The van der Waals surface area contributed by atoms with Crippen molar-refractivity contribution in [1.82, 2.24) is 19.7 Å². The van der Waals surface area contributed by atoms with Crippen LogP contribution in [0.15, 0.2) is 73.1 Å². The van der Waals surface area contributed by atoms with Crippen molar-refractivity contribution in [3.05, 3.63) is 84.4 Å². The fourth-order valence-corrected chi connectivity index (χ4v) is 2.99. The number of rotatable bonds is 3. The lowest BCUT2D eigenvalue weighted by atomic mass is 10.0. The van der Waals surface area contributed by atoms with Gasteiger partial charge in [0.2, 0.25) is 0 Å². The van der Waals surface area contributed by atoms with E-state index in [1.54, 1.807) is 6.20 Å². The van der Waals surface area contributed by atoms with Crippen LogP contribution in [-0.4, -0.2) is 19.7 Å². The van der Waals surface area contributed by atoms with Gasteiger partial charge in [0.15, 0.2) is 0 Å². The summed E-state index contributed by atoms with van der Waals surface area (Å²) in [6.07, 6.45) is 3.74. The maximum absolute atomic E-state index is 4.70. The third-order valence-electron chi connectivity index (χ3n) is 4.10. The molecule has 0 unspecified atom stereocenters. The maximum Gasteiger partial charge on any atom is 0.0833 e. The Morgan fingerprint density at radius 3 is 1.72 bits per heavy atom. The lowest BCUT2D eigenvalue weighted by Crippen LogP contribution is -2.02. The van der Waals surface area contributed by atoms with E-state index in [0.717, 1.165) is 39.6 Å². The molecule has 0 amide bonds. The van der Waals surface area contributed by atoms with Gasteiger partial charge in [-0.05, 0) is 44.2 Å². The van der Waals surface area contributed by atoms with Crippen molar-refractivity contribution in [3.8, 4) is 28.2 Å². The molecular weight excluding hydrogens is 308 g/mol. The molecule has 4 rings (SSSR count). The van der Waals surface area contributed by atoms with Gasteiger partial charge < -0.3 is 0 Å². The van der Waals surface area contributed by atoms with Crippen molar-refractivity contribution >= 4 is 0 Å². The monoisotopic (exact) mass is 326 g/mol. The van der Waals surface area contributed by atoms with Crippen LogP contribution in [0.3, 0.4) is 0 Å². The zero-order chi connectivity index (χ0) is 17.2. The van der Waals surface area contributed by atoms with E-state index in [1.165, 1.54) is 0 Å². The summed E-state index contributed by atoms with van der Waals surface area (Å²) in [5.74, 6) is 0. The van der Waals surface area contributed by atoms with Gasteiger partial charge in [0, 0.05) is 34.9 Å².